The standard InChI is InChI=1S/C7H6INS/c8-6-1-3-7(4-2-6)9-5-10/h1-5H,(H,9,10). The van der Waals surface area contributed by atoms with Crippen LogP contribution in [-0.4, -0.2) is 5.49 Å². The summed E-state index contributed by atoms with van der Waals surface area (Å²) >= 11 is 6.89. The fourth-order valence-electron chi connectivity index (χ4n) is 0.614. The molecule has 10 heavy (non-hydrogen) atoms. The molecule has 0 spiro atoms. The highest BCUT2D eigenvalue weighted by molar-refractivity contribution is 14.1. The average Bonchev–Trinajstić information content (AvgIpc) is 1.95. The first-order valence-corrected chi connectivity index (χ1v) is 4.33. The summed E-state index contributed by atoms with van der Waals surface area (Å²) in [5, 5.41) is 2.92. The van der Waals surface area contributed by atoms with Crippen molar-refractivity contribution in [2.24, 2.45) is 0 Å². The second kappa shape index (κ2) is 3.88. The number of nitrogens with one attached hydrogen (secondary N) is 1. The van der Waals surface area contributed by atoms with Crippen LogP contribution in [0.15, 0.2) is 24.3 Å². The van der Waals surface area contributed by atoms with Gasteiger partial charge < -0.3 is 5.32 Å². The average molecular weight is 263 g/mol. The van der Waals surface area contributed by atoms with Gasteiger partial charge in [0, 0.05) is 9.26 Å². The molecule has 1 aromatic rings. The van der Waals surface area contributed by atoms with Gasteiger partial charge in [0.05, 0.1) is 5.49 Å². The van der Waals surface area contributed by atoms with Crippen LogP contribution in [0.1, 0.15) is 0 Å². The SMILES string of the molecule is S=CNc1ccc(I)cc1. The summed E-state index contributed by atoms with van der Waals surface area (Å²) in [5.74, 6) is 0. The third kappa shape index (κ3) is 2.22. The van der Waals surface area contributed by atoms with E-state index in [-0.39, 0.29) is 0 Å². The predicted octanol–water partition coefficient (Wildman–Crippen LogP) is 2.66. The molecule has 0 heterocycles. The second-order valence-electron chi connectivity index (χ2n) is 1.77. The zero-order chi connectivity index (χ0) is 7.40. The summed E-state index contributed by atoms with van der Waals surface area (Å²) in [7, 11) is 0. The summed E-state index contributed by atoms with van der Waals surface area (Å²) < 4.78 is 1.23. The van der Waals surface area contributed by atoms with Gasteiger partial charge in [-0.05, 0) is 46.9 Å². The Labute approximate surface area is 79.0 Å². The minimum absolute atomic E-state index is 1.04. The van der Waals surface area contributed by atoms with Crippen LogP contribution >= 0.6 is 34.8 Å². The van der Waals surface area contributed by atoms with E-state index in [1.165, 1.54) is 9.06 Å². The van der Waals surface area contributed by atoms with Gasteiger partial charge in [-0.1, -0.05) is 12.2 Å². The summed E-state index contributed by atoms with van der Waals surface area (Å²) in [6.45, 7) is 0. The molecule has 0 aliphatic heterocycles. The first-order chi connectivity index (χ1) is 4.83. The molecular weight excluding hydrogens is 257 g/mol. The van der Waals surface area contributed by atoms with Crippen LogP contribution in [0.25, 0.3) is 0 Å². The lowest BCUT2D eigenvalue weighted by molar-refractivity contribution is 1.62. The van der Waals surface area contributed by atoms with Gasteiger partial charge in [-0.25, -0.2) is 0 Å². The highest BCUT2D eigenvalue weighted by atomic mass is 127. The molecule has 0 aliphatic rings. The number of hydrogen-bond acceptors (Lipinski definition) is 1. The van der Waals surface area contributed by atoms with Crippen molar-refractivity contribution in [2.75, 3.05) is 5.32 Å². The minimum Gasteiger partial charge on any atom is -0.353 e. The lowest BCUT2D eigenvalue weighted by Crippen LogP contribution is -1.90. The largest absolute Gasteiger partial charge is 0.353 e. The van der Waals surface area contributed by atoms with Crippen LogP contribution in [0.3, 0.4) is 0 Å². The van der Waals surface area contributed by atoms with E-state index in [9.17, 15) is 0 Å². The zero-order valence-corrected chi connectivity index (χ0v) is 8.15. The Morgan fingerprint density at radius 3 is 2.40 bits per heavy atom. The third-order valence-corrected chi connectivity index (χ3v) is 1.91. The normalized spacial score (nSPS) is 8.90. The van der Waals surface area contributed by atoms with Gasteiger partial charge in [-0.15, -0.1) is 0 Å². The topological polar surface area (TPSA) is 12.0 Å². The molecule has 1 rings (SSSR count). The van der Waals surface area contributed by atoms with E-state index in [1.807, 2.05) is 24.3 Å². The number of benzene rings is 1. The Balaban J connectivity index is 2.78. The van der Waals surface area contributed by atoms with Crippen LogP contribution in [0, 0.1) is 3.57 Å². The van der Waals surface area contributed by atoms with Crippen LogP contribution in [0.5, 0.6) is 0 Å². The quantitative estimate of drug-likeness (QED) is 0.650. The Kier molecular flexibility index (Phi) is 3.08. The Hall–Kier alpha value is -0.160. The molecule has 1 N–H and O–H groups in total. The van der Waals surface area contributed by atoms with E-state index < -0.39 is 0 Å². The molecule has 0 atom stereocenters. The summed E-state index contributed by atoms with van der Waals surface area (Å²) in [6, 6.07) is 8.04. The monoisotopic (exact) mass is 263 g/mol. The summed E-state index contributed by atoms with van der Waals surface area (Å²) in [6.07, 6.45) is 0. The first-order valence-electron chi connectivity index (χ1n) is 2.78. The molecule has 0 aromatic heterocycles. The van der Waals surface area contributed by atoms with E-state index in [1.54, 1.807) is 0 Å². The van der Waals surface area contributed by atoms with Gasteiger partial charge in [0.25, 0.3) is 0 Å². The number of thiocarbonyl (C=S) groups is 1. The van der Waals surface area contributed by atoms with E-state index in [0.717, 1.165) is 5.69 Å². The first kappa shape index (κ1) is 7.94. The van der Waals surface area contributed by atoms with Crippen molar-refractivity contribution >= 4 is 46.0 Å². The maximum absolute atomic E-state index is 4.63. The van der Waals surface area contributed by atoms with Gasteiger partial charge in [0.15, 0.2) is 0 Å². The number of rotatable bonds is 2. The van der Waals surface area contributed by atoms with Gasteiger partial charge >= 0.3 is 0 Å². The predicted molar refractivity (Wildman–Crippen MR) is 56.4 cm³/mol. The molecule has 1 nitrogen and oxygen atoms in total. The smallest absolute Gasteiger partial charge is 0.0658 e. The Morgan fingerprint density at radius 2 is 1.90 bits per heavy atom. The van der Waals surface area contributed by atoms with Crippen molar-refractivity contribution in [1.82, 2.24) is 0 Å². The second-order valence-corrected chi connectivity index (χ2v) is 3.25. The molecule has 0 amide bonds. The molecule has 1 aromatic carbocycles. The molecule has 0 unspecified atom stereocenters. The third-order valence-electron chi connectivity index (χ3n) is 1.07. The van der Waals surface area contributed by atoms with Gasteiger partial charge in [0.1, 0.15) is 0 Å². The van der Waals surface area contributed by atoms with Crippen molar-refractivity contribution in [3.63, 3.8) is 0 Å². The van der Waals surface area contributed by atoms with E-state index >= 15 is 0 Å². The highest BCUT2D eigenvalue weighted by Crippen LogP contribution is 2.09. The van der Waals surface area contributed by atoms with Crippen molar-refractivity contribution in [3.05, 3.63) is 27.8 Å². The lowest BCUT2D eigenvalue weighted by Gasteiger charge is -1.97. The van der Waals surface area contributed by atoms with Crippen LogP contribution in [0.2, 0.25) is 0 Å². The molecule has 0 saturated heterocycles. The minimum atomic E-state index is 1.04. The van der Waals surface area contributed by atoms with Crippen molar-refractivity contribution < 1.29 is 0 Å². The maximum Gasteiger partial charge on any atom is 0.0658 e. The molecule has 0 fully saturated rings. The fourth-order valence-corrected chi connectivity index (χ4v) is 1.11. The number of hydrogen-bond donors (Lipinski definition) is 1. The van der Waals surface area contributed by atoms with E-state index in [0.29, 0.717) is 0 Å². The molecule has 3 heteroatoms. The van der Waals surface area contributed by atoms with Gasteiger partial charge in [-0.2, -0.15) is 0 Å². The molecule has 0 saturated carbocycles. The molecule has 52 valence electrons. The van der Waals surface area contributed by atoms with E-state index in [4.69, 9.17) is 0 Å². The Bertz CT molecular complexity index is 220. The van der Waals surface area contributed by atoms with Crippen molar-refractivity contribution in [1.29, 1.82) is 0 Å². The highest BCUT2D eigenvalue weighted by Gasteiger charge is 1.86. The van der Waals surface area contributed by atoms with E-state index in [2.05, 4.69) is 40.1 Å². The molecular formula is C7H6INS. The van der Waals surface area contributed by atoms with Crippen LogP contribution in [0.4, 0.5) is 5.69 Å². The maximum atomic E-state index is 4.63. The van der Waals surface area contributed by atoms with Crippen LogP contribution in [-0.2, 0) is 0 Å². The van der Waals surface area contributed by atoms with Gasteiger partial charge in [0.2, 0.25) is 0 Å². The van der Waals surface area contributed by atoms with Crippen LogP contribution < -0.4 is 5.32 Å². The summed E-state index contributed by atoms with van der Waals surface area (Å²) in [4.78, 5) is 0. The number of halogens is 1. The number of anilines is 1. The lowest BCUT2D eigenvalue weighted by atomic mass is 10.3. The molecule has 0 radical (unpaired) electrons. The molecule has 0 aliphatic carbocycles. The summed E-state index contributed by atoms with van der Waals surface area (Å²) in [5.41, 5.74) is 2.54. The van der Waals surface area contributed by atoms with Crippen molar-refractivity contribution in [2.45, 2.75) is 0 Å². The van der Waals surface area contributed by atoms with Crippen molar-refractivity contribution in [3.8, 4) is 0 Å². The van der Waals surface area contributed by atoms with Gasteiger partial charge in [-0.3, -0.25) is 0 Å². The zero-order valence-electron chi connectivity index (χ0n) is 5.17. The Morgan fingerprint density at radius 1 is 1.30 bits per heavy atom. The fraction of sp³-hybridized carbons (Fsp3) is 0. The molecule has 0 bridgehead atoms.